The van der Waals surface area contributed by atoms with Crippen LogP contribution in [0.3, 0.4) is 0 Å². The van der Waals surface area contributed by atoms with Gasteiger partial charge in [0.2, 0.25) is 11.6 Å². The van der Waals surface area contributed by atoms with E-state index in [1.807, 2.05) is 42.2 Å². The average molecular weight is 706 g/mol. The lowest BCUT2D eigenvalue weighted by Crippen LogP contribution is -2.71. The maximum Gasteiger partial charge on any atom is 0.352 e. The third kappa shape index (κ3) is 6.93. The molecule has 2 aliphatic heterocycles. The summed E-state index contributed by atoms with van der Waals surface area (Å²) in [5.41, 5.74) is 7.50. The number of nitrogens with zero attached hydrogens (tertiary/aromatic N) is 5. The van der Waals surface area contributed by atoms with Crippen LogP contribution < -0.4 is 20.9 Å². The topological polar surface area (TPSA) is 205 Å². The Hall–Kier alpha value is -4.19. The number of anilines is 1. The van der Waals surface area contributed by atoms with Crippen molar-refractivity contribution in [1.82, 2.24) is 25.1 Å². The van der Waals surface area contributed by atoms with Gasteiger partial charge >= 0.3 is 11.9 Å². The van der Waals surface area contributed by atoms with Gasteiger partial charge in [0, 0.05) is 42.1 Å². The Bertz CT molecular complexity index is 1790. The largest absolute Gasteiger partial charge is 0.478 e. The smallest absolute Gasteiger partial charge is 0.352 e. The lowest BCUT2D eigenvalue weighted by Gasteiger charge is -2.49. The van der Waals surface area contributed by atoms with Gasteiger partial charge in [0.05, 0.1) is 0 Å². The molecule has 15 nitrogen and oxygen atoms in total. The first-order valence-corrected chi connectivity index (χ1v) is 16.9. The highest BCUT2D eigenvalue weighted by Crippen LogP contribution is 2.40. The second-order valence-corrected chi connectivity index (χ2v) is 14.0. The number of halogens is 1. The number of fused-ring (bicyclic) bond motifs is 2. The van der Waals surface area contributed by atoms with Crippen molar-refractivity contribution in [2.24, 2.45) is 11.1 Å². The molecular weight excluding hydrogens is 672 g/mol. The molecule has 0 bridgehead atoms. The van der Waals surface area contributed by atoms with Gasteiger partial charge in [-0.25, -0.2) is 14.6 Å². The number of nitrogen functional groups attached to an aromatic ring is 1. The fourth-order valence-corrected chi connectivity index (χ4v) is 7.68. The molecule has 6 N–H and O–H groups in total. The lowest BCUT2D eigenvalue weighted by molar-refractivity contribution is -0.663. The monoisotopic (exact) mass is 705 g/mol. The summed E-state index contributed by atoms with van der Waals surface area (Å²) in [5.74, 6) is -4.30. The second-order valence-electron chi connectivity index (χ2n) is 11.2. The molecule has 0 aromatic carbocycles. The summed E-state index contributed by atoms with van der Waals surface area (Å²) in [4.78, 5) is 61.5. The predicted molar refractivity (Wildman–Crippen MR) is 176 cm³/mol. The first kappa shape index (κ1) is 34.2. The standard InChI is InChI=1S/C29H33ClN8O7S2/c1-14(2)22(28(43)44)45-35-19(18-23(30)47-29(31)34-18)24(39)33-20-25(40)38-21(27(41)42)15(13-46-26(20)38)12-37-9-4-6-16-17(37)7-11-36(16)10-5-8-32-3/h4,6-7,9,11,14,20,22,26,32H,5,8,10,12-13H2,1-3H3,(H4-,31,33,34,39,41,42,43,44)/p+1/b35-19-/t20?,22-,26?/m0/s1. The van der Waals surface area contributed by atoms with Gasteiger partial charge in [-0.15, -0.1) is 11.8 Å². The van der Waals surface area contributed by atoms with Crippen molar-refractivity contribution in [3.8, 4) is 0 Å². The number of aliphatic carboxylic acids is 2. The molecule has 250 valence electrons. The zero-order valence-electron chi connectivity index (χ0n) is 25.7. The van der Waals surface area contributed by atoms with Crippen molar-refractivity contribution >= 4 is 80.3 Å². The minimum Gasteiger partial charge on any atom is -0.478 e. The van der Waals surface area contributed by atoms with E-state index in [2.05, 4.69) is 25.3 Å². The van der Waals surface area contributed by atoms with Crippen LogP contribution in [0, 0.1) is 5.92 Å². The van der Waals surface area contributed by atoms with Gasteiger partial charge < -0.3 is 36.0 Å². The summed E-state index contributed by atoms with van der Waals surface area (Å²) in [6, 6.07) is 4.80. The molecule has 0 spiro atoms. The number of carbonyl (C=O) groups is 4. The van der Waals surface area contributed by atoms with Crippen molar-refractivity contribution in [3.05, 3.63) is 51.9 Å². The Morgan fingerprint density at radius 3 is 2.70 bits per heavy atom. The molecule has 2 unspecified atom stereocenters. The number of hydrogen-bond acceptors (Lipinski definition) is 11. The molecule has 0 saturated carbocycles. The number of pyridine rings is 1. The Morgan fingerprint density at radius 2 is 2.06 bits per heavy atom. The normalized spacial score (nSPS) is 18.7. The van der Waals surface area contributed by atoms with Crippen molar-refractivity contribution in [3.63, 3.8) is 0 Å². The molecule has 3 atom stereocenters. The minimum atomic E-state index is -1.38. The molecule has 5 rings (SSSR count). The fraction of sp³-hybridized carbons (Fsp3) is 0.414. The zero-order chi connectivity index (χ0) is 34.0. The summed E-state index contributed by atoms with van der Waals surface area (Å²) in [7, 11) is 1.91. The van der Waals surface area contributed by atoms with Gasteiger partial charge in [-0.05, 0) is 26.1 Å². The summed E-state index contributed by atoms with van der Waals surface area (Å²) in [6.45, 7) is 5.16. The number of aromatic nitrogens is 3. The molecule has 1 fully saturated rings. The maximum absolute atomic E-state index is 13.5. The van der Waals surface area contributed by atoms with Gasteiger partial charge in [0.15, 0.2) is 23.6 Å². The molecule has 2 amide bonds. The van der Waals surface area contributed by atoms with E-state index in [9.17, 15) is 29.4 Å². The SMILES string of the molecule is CNCCCn1ccc2c1ccc[n+]2CC1=C(C(=O)O)N2C(=O)C(NC(=O)/C(=N\O[C@H](C(=O)O)C(C)C)c3nc(N)sc3Cl)C2SC1. The summed E-state index contributed by atoms with van der Waals surface area (Å²) < 4.78 is 4.11. The van der Waals surface area contributed by atoms with E-state index in [-0.39, 0.29) is 27.4 Å². The number of thioether (sulfide) groups is 1. The van der Waals surface area contributed by atoms with Crippen LogP contribution in [0.5, 0.6) is 0 Å². The first-order valence-electron chi connectivity index (χ1n) is 14.6. The molecule has 2 aliphatic rings. The van der Waals surface area contributed by atoms with E-state index >= 15 is 0 Å². The van der Waals surface area contributed by atoms with Crippen molar-refractivity contribution in [2.75, 3.05) is 25.1 Å². The number of amides is 2. The predicted octanol–water partition coefficient (Wildman–Crippen LogP) is 1.50. The summed E-state index contributed by atoms with van der Waals surface area (Å²) in [5, 5.41) is 28.5. The van der Waals surface area contributed by atoms with Crippen LogP contribution in [0.25, 0.3) is 11.0 Å². The zero-order valence-corrected chi connectivity index (χ0v) is 28.1. The van der Waals surface area contributed by atoms with E-state index in [1.165, 1.54) is 16.7 Å². The van der Waals surface area contributed by atoms with Gasteiger partial charge in [-0.2, -0.15) is 4.57 Å². The highest BCUT2D eigenvalue weighted by atomic mass is 35.5. The number of carbonyl (C=O) groups excluding carboxylic acids is 2. The second kappa shape index (κ2) is 14.3. The highest BCUT2D eigenvalue weighted by Gasteiger charge is 2.55. The lowest BCUT2D eigenvalue weighted by atomic mass is 10.0. The summed E-state index contributed by atoms with van der Waals surface area (Å²) in [6.07, 6.45) is 3.44. The molecule has 3 aromatic rings. The molecule has 0 radical (unpaired) electrons. The molecule has 5 heterocycles. The van der Waals surface area contributed by atoms with Gasteiger partial charge in [-0.3, -0.25) is 14.5 Å². The average Bonchev–Trinajstić information content (AvgIpc) is 3.59. The molecule has 3 aromatic heterocycles. The van der Waals surface area contributed by atoms with Gasteiger partial charge in [0.1, 0.15) is 32.7 Å². The van der Waals surface area contributed by atoms with Crippen LogP contribution in [0.15, 0.2) is 47.0 Å². The van der Waals surface area contributed by atoms with Crippen LogP contribution >= 0.6 is 34.7 Å². The molecule has 0 aliphatic carbocycles. The highest BCUT2D eigenvalue weighted by molar-refractivity contribution is 8.00. The van der Waals surface area contributed by atoms with Crippen LogP contribution in [0.1, 0.15) is 26.0 Å². The third-order valence-corrected chi connectivity index (χ3v) is 10.1. The number of oxime groups is 1. The number of carboxylic acids is 2. The van der Waals surface area contributed by atoms with Crippen LogP contribution in [0.4, 0.5) is 5.13 Å². The van der Waals surface area contributed by atoms with Crippen molar-refractivity contribution < 1.29 is 38.8 Å². The fourth-order valence-electron chi connectivity index (χ4n) is 5.41. The van der Waals surface area contributed by atoms with Crippen molar-refractivity contribution in [1.29, 1.82) is 0 Å². The molecule has 18 heteroatoms. The van der Waals surface area contributed by atoms with Crippen molar-refractivity contribution in [2.45, 2.75) is 50.9 Å². The van der Waals surface area contributed by atoms with Crippen LogP contribution in [-0.4, -0.2) is 91.0 Å². The Labute approximate surface area is 282 Å². The van der Waals surface area contributed by atoms with E-state index in [0.717, 1.165) is 41.9 Å². The Balaban J connectivity index is 1.37. The number of hydrogen-bond donors (Lipinski definition) is 5. The van der Waals surface area contributed by atoms with E-state index in [4.69, 9.17) is 22.2 Å². The molecule has 1 saturated heterocycles. The Kier molecular flexibility index (Phi) is 10.4. The maximum atomic E-state index is 13.5. The molecule has 47 heavy (non-hydrogen) atoms. The third-order valence-electron chi connectivity index (χ3n) is 7.69. The number of β-lactam (4-membered cyclic amide) rings is 1. The number of nitrogens with two attached hydrogens (primary N) is 1. The number of nitrogens with one attached hydrogen (secondary N) is 2. The van der Waals surface area contributed by atoms with E-state index in [0.29, 0.717) is 11.3 Å². The quantitative estimate of drug-likeness (QED) is 0.0534. The number of thiazole rings is 1. The number of carboxylic acid groups (broad SMARTS) is 2. The Morgan fingerprint density at radius 1 is 1.30 bits per heavy atom. The van der Waals surface area contributed by atoms with Gasteiger partial charge in [-0.1, -0.05) is 41.9 Å². The van der Waals surface area contributed by atoms with Crippen LogP contribution in [0.2, 0.25) is 4.34 Å². The van der Waals surface area contributed by atoms with Gasteiger partial charge in [0.25, 0.3) is 11.8 Å². The number of rotatable bonds is 14. The van der Waals surface area contributed by atoms with Crippen LogP contribution in [-0.2, 0) is 37.1 Å². The minimum absolute atomic E-state index is 0.00611. The summed E-state index contributed by atoms with van der Waals surface area (Å²) >= 11 is 8.43. The van der Waals surface area contributed by atoms with E-state index < -0.39 is 52.9 Å². The number of aryl methyl sites for hydroxylation is 1. The molecular formula is C29H34ClN8O7S2+. The van der Waals surface area contributed by atoms with E-state index in [1.54, 1.807) is 13.8 Å². The first-order chi connectivity index (χ1) is 22.4.